The maximum Gasteiger partial charge on any atom is 0.573 e. The lowest BCUT2D eigenvalue weighted by molar-refractivity contribution is -0.729. The molecule has 2 aromatic carbocycles. The van der Waals surface area contributed by atoms with Crippen molar-refractivity contribution < 1.29 is 32.6 Å². The van der Waals surface area contributed by atoms with E-state index < -0.39 is 12.1 Å². The van der Waals surface area contributed by atoms with Crippen LogP contribution in [0.5, 0.6) is 5.75 Å². The number of benzene rings is 2. The zero-order valence-corrected chi connectivity index (χ0v) is 16.9. The zero-order chi connectivity index (χ0) is 22.7. The normalized spacial score (nSPS) is 14.8. The zero-order valence-electron chi connectivity index (χ0n) is 16.9. The van der Waals surface area contributed by atoms with E-state index in [0.29, 0.717) is 11.3 Å². The van der Waals surface area contributed by atoms with Gasteiger partial charge in [0.2, 0.25) is 5.82 Å². The van der Waals surface area contributed by atoms with E-state index in [0.717, 1.165) is 44.8 Å². The molecular formula is C21H20F3N4O4+. The highest BCUT2D eigenvalue weighted by atomic mass is 19.4. The van der Waals surface area contributed by atoms with Gasteiger partial charge in [0.15, 0.2) is 0 Å². The third-order valence-electron chi connectivity index (χ3n) is 5.15. The number of hydrogen-bond acceptors (Lipinski definition) is 6. The van der Waals surface area contributed by atoms with Crippen molar-refractivity contribution in [2.24, 2.45) is 0 Å². The second kappa shape index (κ2) is 8.85. The number of para-hydroxylation sites is 1. The molecule has 2 heterocycles. The van der Waals surface area contributed by atoms with Crippen LogP contribution < -0.4 is 9.64 Å². The van der Waals surface area contributed by atoms with Crippen LogP contribution in [-0.4, -0.2) is 39.7 Å². The average molecular weight is 449 g/mol. The molecule has 8 nitrogen and oxygen atoms in total. The van der Waals surface area contributed by atoms with Gasteiger partial charge in [-0.25, -0.2) is 5.21 Å². The SMILES string of the molecule is O=[N+](O)c1cc(-c2nc(-c3ccccc3OC(F)(F)F)no2)ccc1N1CCCCCC1. The Labute approximate surface area is 180 Å². The van der Waals surface area contributed by atoms with Gasteiger partial charge in [0, 0.05) is 24.7 Å². The fourth-order valence-electron chi connectivity index (χ4n) is 3.70. The Morgan fingerprint density at radius 3 is 2.47 bits per heavy atom. The number of nitrogens with zero attached hydrogens (tertiary/aromatic N) is 4. The molecule has 32 heavy (non-hydrogen) atoms. The lowest BCUT2D eigenvalue weighted by atomic mass is 10.1. The minimum atomic E-state index is -4.88. The van der Waals surface area contributed by atoms with E-state index >= 15 is 0 Å². The lowest BCUT2D eigenvalue weighted by Gasteiger charge is -2.21. The third kappa shape index (κ3) is 4.82. The number of alkyl halides is 3. The molecule has 4 rings (SSSR count). The van der Waals surface area contributed by atoms with Gasteiger partial charge in [-0.3, -0.25) is 0 Å². The van der Waals surface area contributed by atoms with Crippen LogP contribution in [0.25, 0.3) is 22.8 Å². The maximum atomic E-state index is 12.7. The predicted molar refractivity (Wildman–Crippen MR) is 108 cm³/mol. The Morgan fingerprint density at radius 1 is 1.06 bits per heavy atom. The second-order valence-electron chi connectivity index (χ2n) is 7.34. The molecule has 0 spiro atoms. The maximum absolute atomic E-state index is 12.7. The molecule has 3 aromatic rings. The Kier molecular flexibility index (Phi) is 5.97. The Hall–Kier alpha value is -3.63. The molecule has 0 aliphatic carbocycles. The van der Waals surface area contributed by atoms with Gasteiger partial charge < -0.3 is 14.2 Å². The van der Waals surface area contributed by atoms with Crippen LogP contribution in [0.2, 0.25) is 0 Å². The first-order chi connectivity index (χ1) is 15.3. The summed E-state index contributed by atoms with van der Waals surface area (Å²) in [4.78, 5) is 17.8. The van der Waals surface area contributed by atoms with Crippen molar-refractivity contribution in [1.29, 1.82) is 0 Å². The van der Waals surface area contributed by atoms with Crippen LogP contribution in [0, 0.1) is 4.91 Å². The van der Waals surface area contributed by atoms with Crippen molar-refractivity contribution in [2.75, 3.05) is 18.0 Å². The number of aromatic nitrogens is 2. The van der Waals surface area contributed by atoms with Crippen LogP contribution in [0.15, 0.2) is 47.0 Å². The van der Waals surface area contributed by atoms with Crippen LogP contribution in [0.1, 0.15) is 25.7 Å². The summed E-state index contributed by atoms with van der Waals surface area (Å²) >= 11 is 0. The minimum absolute atomic E-state index is 0.00570. The van der Waals surface area contributed by atoms with E-state index in [9.17, 15) is 23.3 Å². The van der Waals surface area contributed by atoms with Gasteiger partial charge in [0.05, 0.1) is 10.5 Å². The van der Waals surface area contributed by atoms with Gasteiger partial charge in [-0.1, -0.05) is 30.1 Å². The fourth-order valence-corrected chi connectivity index (χ4v) is 3.70. The van der Waals surface area contributed by atoms with Crippen molar-refractivity contribution in [3.05, 3.63) is 47.4 Å². The van der Waals surface area contributed by atoms with E-state index in [1.54, 1.807) is 12.1 Å². The summed E-state index contributed by atoms with van der Waals surface area (Å²) in [5.74, 6) is -0.598. The number of halogens is 3. The van der Waals surface area contributed by atoms with Crippen molar-refractivity contribution in [3.8, 4) is 28.6 Å². The molecule has 0 atom stereocenters. The summed E-state index contributed by atoms with van der Waals surface area (Å²) in [6.45, 7) is 1.53. The molecule has 1 saturated heterocycles. The van der Waals surface area contributed by atoms with Crippen LogP contribution in [0.4, 0.5) is 24.5 Å². The first-order valence-corrected chi connectivity index (χ1v) is 10.1. The van der Waals surface area contributed by atoms with E-state index in [2.05, 4.69) is 14.9 Å². The molecule has 1 fully saturated rings. The van der Waals surface area contributed by atoms with E-state index in [1.807, 2.05) is 4.90 Å². The van der Waals surface area contributed by atoms with Gasteiger partial charge >= 0.3 is 12.0 Å². The summed E-state index contributed by atoms with van der Waals surface area (Å²) in [6.07, 6.45) is -0.696. The minimum Gasteiger partial charge on any atom is -0.405 e. The highest BCUT2D eigenvalue weighted by molar-refractivity contribution is 5.72. The van der Waals surface area contributed by atoms with Gasteiger partial charge in [-0.15, -0.1) is 13.2 Å². The van der Waals surface area contributed by atoms with Gasteiger partial charge in [0.25, 0.3) is 10.8 Å². The Morgan fingerprint density at radius 2 is 1.78 bits per heavy atom. The molecule has 0 saturated carbocycles. The summed E-state index contributed by atoms with van der Waals surface area (Å²) < 4.78 is 47.3. The Balaban J connectivity index is 1.66. The quantitative estimate of drug-likeness (QED) is 0.516. The molecule has 0 radical (unpaired) electrons. The van der Waals surface area contributed by atoms with Gasteiger partial charge in [0.1, 0.15) is 11.4 Å². The van der Waals surface area contributed by atoms with Crippen molar-refractivity contribution in [1.82, 2.24) is 10.1 Å². The van der Waals surface area contributed by atoms with E-state index in [-0.39, 0.29) is 27.9 Å². The van der Waals surface area contributed by atoms with E-state index in [4.69, 9.17) is 4.52 Å². The second-order valence-corrected chi connectivity index (χ2v) is 7.34. The van der Waals surface area contributed by atoms with Crippen LogP contribution in [0.3, 0.4) is 0 Å². The molecule has 1 aliphatic rings. The molecule has 0 unspecified atom stereocenters. The third-order valence-corrected chi connectivity index (χ3v) is 5.15. The topological polar surface area (TPSA) is 91.7 Å². The monoisotopic (exact) mass is 449 g/mol. The molecular weight excluding hydrogens is 429 g/mol. The van der Waals surface area contributed by atoms with Crippen molar-refractivity contribution in [3.63, 3.8) is 0 Å². The molecule has 1 aromatic heterocycles. The molecule has 168 valence electrons. The van der Waals surface area contributed by atoms with Crippen molar-refractivity contribution in [2.45, 2.75) is 32.0 Å². The largest absolute Gasteiger partial charge is 0.573 e. The van der Waals surface area contributed by atoms with Gasteiger partial charge in [-0.2, -0.15) is 4.98 Å². The van der Waals surface area contributed by atoms with E-state index in [1.165, 1.54) is 24.3 Å². The van der Waals surface area contributed by atoms with Crippen LogP contribution in [-0.2, 0) is 0 Å². The molecule has 1 aliphatic heterocycles. The summed E-state index contributed by atoms with van der Waals surface area (Å²) in [7, 11) is 0. The standard InChI is InChI=1S/C21H20F3N4O4/c22-21(23,24)31-18-8-4-3-7-15(18)19-25-20(32-26-19)14-9-10-16(17(13-14)28(29)30)27-11-5-1-2-6-12-27/h3-4,7-10,13H,1-2,5-6,11-12H2,(H,29,30)/q+1. The number of ether oxygens (including phenoxy) is 1. The fraction of sp³-hybridized carbons (Fsp3) is 0.333. The predicted octanol–water partition coefficient (Wildman–Crippen LogP) is 5.48. The van der Waals surface area contributed by atoms with Crippen molar-refractivity contribution >= 4 is 11.4 Å². The molecule has 0 bridgehead atoms. The highest BCUT2D eigenvalue weighted by Crippen LogP contribution is 2.36. The smallest absolute Gasteiger partial charge is 0.405 e. The Bertz CT molecular complexity index is 1110. The average Bonchev–Trinajstić information content (AvgIpc) is 3.08. The highest BCUT2D eigenvalue weighted by Gasteiger charge is 2.33. The molecule has 1 N–H and O–H groups in total. The summed E-state index contributed by atoms with van der Waals surface area (Å²) in [6, 6.07) is 10.2. The first kappa shape index (κ1) is 21.6. The lowest BCUT2D eigenvalue weighted by Crippen LogP contribution is -2.24. The van der Waals surface area contributed by atoms with Crippen LogP contribution >= 0.6 is 0 Å². The summed E-state index contributed by atoms with van der Waals surface area (Å²) in [5, 5.41) is 13.4. The molecule has 0 amide bonds. The number of anilines is 1. The first-order valence-electron chi connectivity index (χ1n) is 10.1. The number of rotatable bonds is 5. The summed E-state index contributed by atoms with van der Waals surface area (Å²) in [5.41, 5.74) is 0.928. The molecule has 11 heteroatoms. The number of hydrogen-bond donors (Lipinski definition) is 1. The van der Waals surface area contributed by atoms with Gasteiger partial charge in [-0.05, 0) is 37.1 Å².